The number of sulfone groups is 1. The number of alkyl halides is 3. The second-order valence-electron chi connectivity index (χ2n) is 8.29. The van der Waals surface area contributed by atoms with E-state index < -0.39 is 57.0 Å². The molecule has 0 aromatic heterocycles. The van der Waals surface area contributed by atoms with Gasteiger partial charge in [0.05, 0.1) is 17.6 Å². The van der Waals surface area contributed by atoms with Gasteiger partial charge in [-0.25, -0.2) is 12.8 Å². The number of hydrogen-bond donors (Lipinski definition) is 2. The Morgan fingerprint density at radius 3 is 2.47 bits per heavy atom. The minimum atomic E-state index is -4.80. The molecule has 2 saturated carbocycles. The lowest BCUT2D eigenvalue weighted by molar-refractivity contribution is -0.166. The van der Waals surface area contributed by atoms with Crippen LogP contribution >= 0.6 is 0 Å². The van der Waals surface area contributed by atoms with Crippen molar-refractivity contribution in [2.75, 3.05) is 11.5 Å². The van der Waals surface area contributed by atoms with Crippen LogP contribution < -0.4 is 10.6 Å². The minimum absolute atomic E-state index is 0.0274. The lowest BCUT2D eigenvalue weighted by atomic mass is 9.91. The molecule has 6 nitrogen and oxygen atoms in total. The molecule has 0 spiro atoms. The standard InChI is InChI=1S/C19H23F4N3O3S/c20-14-5-3-13(4-6-14)16(19(21,22)23)25-15(10-30(28,29)9-12-1-2-12)17(27)26-18(11-24)7-8-18/h3,5-6,12-13,15-16,25H,1-2,4,7-10H2,(H,26,27)/t13?,15-,16-/m0/s1. The van der Waals surface area contributed by atoms with Crippen molar-refractivity contribution in [3.05, 3.63) is 24.1 Å². The molecule has 2 fully saturated rings. The van der Waals surface area contributed by atoms with Crippen molar-refractivity contribution in [3.8, 4) is 6.07 Å². The van der Waals surface area contributed by atoms with Gasteiger partial charge in [-0.2, -0.15) is 18.4 Å². The highest BCUT2D eigenvalue weighted by atomic mass is 32.2. The van der Waals surface area contributed by atoms with Gasteiger partial charge in [0.2, 0.25) is 5.91 Å². The van der Waals surface area contributed by atoms with E-state index in [1.54, 1.807) is 0 Å². The highest BCUT2D eigenvalue weighted by Crippen LogP contribution is 2.35. The van der Waals surface area contributed by atoms with Crippen molar-refractivity contribution in [1.82, 2.24) is 10.6 Å². The fraction of sp³-hybridized carbons (Fsp3) is 0.684. The minimum Gasteiger partial charge on any atom is -0.336 e. The van der Waals surface area contributed by atoms with Crippen LogP contribution in [0.15, 0.2) is 24.1 Å². The van der Waals surface area contributed by atoms with Gasteiger partial charge in [-0.3, -0.25) is 10.1 Å². The zero-order chi connectivity index (χ0) is 22.2. The third-order valence-corrected chi connectivity index (χ3v) is 7.32. The Balaban J connectivity index is 1.80. The number of nitrogens with one attached hydrogen (secondary N) is 2. The first-order valence-corrected chi connectivity index (χ1v) is 11.6. The van der Waals surface area contributed by atoms with Crippen molar-refractivity contribution in [2.45, 2.75) is 55.9 Å². The molecule has 0 aromatic carbocycles. The number of allylic oxidation sites excluding steroid dienone is 3. The van der Waals surface area contributed by atoms with Gasteiger partial charge in [-0.1, -0.05) is 6.08 Å². The molecular weight excluding hydrogens is 426 g/mol. The van der Waals surface area contributed by atoms with Gasteiger partial charge in [0, 0.05) is 5.92 Å². The van der Waals surface area contributed by atoms with E-state index in [-0.39, 0.29) is 18.1 Å². The van der Waals surface area contributed by atoms with Crippen LogP contribution in [0.4, 0.5) is 17.6 Å². The van der Waals surface area contributed by atoms with E-state index in [1.807, 2.05) is 6.07 Å². The quantitative estimate of drug-likeness (QED) is 0.527. The fourth-order valence-electron chi connectivity index (χ4n) is 3.41. The molecule has 3 atom stereocenters. The van der Waals surface area contributed by atoms with Gasteiger partial charge in [0.25, 0.3) is 0 Å². The summed E-state index contributed by atoms with van der Waals surface area (Å²) in [6.07, 6.45) is 0.123. The molecule has 0 saturated heterocycles. The van der Waals surface area contributed by atoms with Gasteiger partial charge < -0.3 is 5.32 Å². The van der Waals surface area contributed by atoms with E-state index >= 15 is 0 Å². The predicted molar refractivity (Wildman–Crippen MR) is 100 cm³/mol. The maximum absolute atomic E-state index is 13.8. The first-order chi connectivity index (χ1) is 13.9. The van der Waals surface area contributed by atoms with Crippen molar-refractivity contribution >= 4 is 15.7 Å². The number of amides is 1. The second kappa shape index (κ2) is 8.30. The van der Waals surface area contributed by atoms with Crippen LogP contribution in [0.3, 0.4) is 0 Å². The molecule has 0 aliphatic heterocycles. The van der Waals surface area contributed by atoms with Gasteiger partial charge in [-0.05, 0) is 50.2 Å². The Morgan fingerprint density at radius 2 is 2.00 bits per heavy atom. The van der Waals surface area contributed by atoms with Gasteiger partial charge >= 0.3 is 6.18 Å². The van der Waals surface area contributed by atoms with Crippen molar-refractivity contribution in [3.63, 3.8) is 0 Å². The van der Waals surface area contributed by atoms with E-state index in [0.29, 0.717) is 12.8 Å². The predicted octanol–water partition coefficient (Wildman–Crippen LogP) is 2.30. The second-order valence-corrected chi connectivity index (χ2v) is 10.4. The van der Waals surface area contributed by atoms with E-state index in [1.165, 1.54) is 0 Å². The normalized spacial score (nSPS) is 25.0. The first-order valence-electron chi connectivity index (χ1n) is 9.73. The van der Waals surface area contributed by atoms with Crippen molar-refractivity contribution < 1.29 is 30.8 Å². The van der Waals surface area contributed by atoms with Crippen molar-refractivity contribution in [1.29, 1.82) is 5.26 Å². The topological polar surface area (TPSA) is 99.1 Å². The molecule has 3 aliphatic carbocycles. The van der Waals surface area contributed by atoms with Crippen LogP contribution in [-0.2, 0) is 14.6 Å². The first kappa shape index (κ1) is 22.7. The Morgan fingerprint density at radius 1 is 1.33 bits per heavy atom. The van der Waals surface area contributed by atoms with E-state index in [0.717, 1.165) is 31.1 Å². The van der Waals surface area contributed by atoms with Gasteiger partial charge in [-0.15, -0.1) is 0 Å². The summed E-state index contributed by atoms with van der Waals surface area (Å²) >= 11 is 0. The molecular formula is C19H23F4N3O3S. The van der Waals surface area contributed by atoms with Crippen molar-refractivity contribution in [2.24, 2.45) is 11.8 Å². The van der Waals surface area contributed by atoms with Crippen LogP contribution in [0, 0.1) is 23.2 Å². The molecule has 1 unspecified atom stereocenters. The van der Waals surface area contributed by atoms with E-state index in [4.69, 9.17) is 5.26 Å². The Kier molecular flexibility index (Phi) is 6.30. The maximum Gasteiger partial charge on any atom is 0.404 e. The highest BCUT2D eigenvalue weighted by molar-refractivity contribution is 7.91. The summed E-state index contributed by atoms with van der Waals surface area (Å²) in [5, 5.41) is 13.7. The maximum atomic E-state index is 13.8. The molecule has 3 aliphatic rings. The molecule has 3 rings (SSSR count). The third kappa shape index (κ3) is 6.04. The fourth-order valence-corrected chi connectivity index (χ4v) is 5.36. The molecule has 166 valence electrons. The smallest absolute Gasteiger partial charge is 0.336 e. The summed E-state index contributed by atoms with van der Waals surface area (Å²) in [7, 11) is -3.80. The number of hydrogen-bond acceptors (Lipinski definition) is 5. The molecule has 0 heterocycles. The lowest BCUT2D eigenvalue weighted by Gasteiger charge is -2.32. The highest BCUT2D eigenvalue weighted by Gasteiger charge is 2.49. The number of carbonyl (C=O) groups is 1. The largest absolute Gasteiger partial charge is 0.404 e. The Labute approximate surface area is 172 Å². The van der Waals surface area contributed by atoms with Crippen LogP contribution in [0.2, 0.25) is 0 Å². The Hall–Kier alpha value is -1.93. The average Bonchev–Trinajstić information content (AvgIpc) is 3.56. The summed E-state index contributed by atoms with van der Waals surface area (Å²) < 4.78 is 79.4. The summed E-state index contributed by atoms with van der Waals surface area (Å²) in [5.74, 6) is -3.82. The summed E-state index contributed by atoms with van der Waals surface area (Å²) in [6.45, 7) is 0. The molecule has 11 heteroatoms. The average molecular weight is 449 g/mol. The third-order valence-electron chi connectivity index (χ3n) is 5.50. The summed E-state index contributed by atoms with van der Waals surface area (Å²) in [4.78, 5) is 12.7. The molecule has 0 aromatic rings. The van der Waals surface area contributed by atoms with Gasteiger partial charge in [0.1, 0.15) is 23.4 Å². The van der Waals surface area contributed by atoms with Crippen LogP contribution in [-0.4, -0.2) is 49.6 Å². The number of halogens is 4. The molecule has 2 N–H and O–H groups in total. The number of carbonyl (C=O) groups excluding carboxylic acids is 1. The molecule has 0 radical (unpaired) electrons. The summed E-state index contributed by atoms with van der Waals surface area (Å²) in [6, 6.07) is -2.03. The lowest BCUT2D eigenvalue weighted by Crippen LogP contribution is -2.59. The van der Waals surface area contributed by atoms with Crippen LogP contribution in [0.1, 0.15) is 32.1 Å². The van der Waals surface area contributed by atoms with Gasteiger partial charge in [0.15, 0.2) is 9.84 Å². The zero-order valence-corrected chi connectivity index (χ0v) is 16.9. The number of rotatable bonds is 9. The van der Waals surface area contributed by atoms with Crippen LogP contribution in [0.5, 0.6) is 0 Å². The molecule has 0 bridgehead atoms. The number of nitrogens with zero attached hydrogens (tertiary/aromatic N) is 1. The Bertz CT molecular complexity index is 884. The van der Waals surface area contributed by atoms with Crippen LogP contribution in [0.25, 0.3) is 0 Å². The number of nitriles is 1. The molecule has 30 heavy (non-hydrogen) atoms. The molecule has 1 amide bonds. The van der Waals surface area contributed by atoms with E-state index in [2.05, 4.69) is 10.6 Å². The summed E-state index contributed by atoms with van der Waals surface area (Å²) in [5.41, 5.74) is -1.15. The van der Waals surface area contributed by atoms with E-state index in [9.17, 15) is 30.8 Å². The monoisotopic (exact) mass is 449 g/mol. The zero-order valence-electron chi connectivity index (χ0n) is 16.1. The SMILES string of the molecule is N#CC1(NC(=O)[C@H](CS(=O)(=O)CC2CC2)N[C@@H](C2C=CC(F)=CC2)C(F)(F)F)CC1.